The van der Waals surface area contributed by atoms with Gasteiger partial charge in [0.15, 0.2) is 11.5 Å². The van der Waals surface area contributed by atoms with Crippen molar-refractivity contribution in [3.63, 3.8) is 0 Å². The van der Waals surface area contributed by atoms with Crippen LogP contribution in [0.5, 0.6) is 0 Å². The van der Waals surface area contributed by atoms with Crippen LogP contribution in [-0.4, -0.2) is 30.8 Å². The summed E-state index contributed by atoms with van der Waals surface area (Å²) in [5.74, 6) is 1.64. The first-order valence-electron chi connectivity index (χ1n) is 7.78. The SMILES string of the molecule is c1ccc(-n2ncc3c(NC4CCCCC4)ncnc32)nc1. The Labute approximate surface area is 128 Å². The minimum atomic E-state index is 0.505. The number of pyridine rings is 1. The lowest BCUT2D eigenvalue weighted by molar-refractivity contribution is 0.462. The normalized spacial score (nSPS) is 16.0. The van der Waals surface area contributed by atoms with Gasteiger partial charge in [-0.1, -0.05) is 25.3 Å². The number of aromatic nitrogens is 5. The van der Waals surface area contributed by atoms with Gasteiger partial charge in [-0.15, -0.1) is 0 Å². The highest BCUT2D eigenvalue weighted by Crippen LogP contribution is 2.25. The molecular weight excluding hydrogens is 276 g/mol. The van der Waals surface area contributed by atoms with E-state index >= 15 is 0 Å². The smallest absolute Gasteiger partial charge is 0.170 e. The summed E-state index contributed by atoms with van der Waals surface area (Å²) in [5, 5.41) is 8.94. The van der Waals surface area contributed by atoms with E-state index in [2.05, 4.69) is 25.4 Å². The fourth-order valence-corrected chi connectivity index (χ4v) is 3.05. The molecule has 6 nitrogen and oxygen atoms in total. The van der Waals surface area contributed by atoms with Gasteiger partial charge in [-0.25, -0.2) is 15.0 Å². The van der Waals surface area contributed by atoms with Crippen LogP contribution in [0.4, 0.5) is 5.82 Å². The Hall–Kier alpha value is -2.50. The zero-order valence-electron chi connectivity index (χ0n) is 12.3. The molecule has 0 radical (unpaired) electrons. The van der Waals surface area contributed by atoms with Gasteiger partial charge in [0.25, 0.3) is 0 Å². The van der Waals surface area contributed by atoms with E-state index in [1.54, 1.807) is 17.2 Å². The first-order valence-corrected chi connectivity index (χ1v) is 7.78. The summed E-state index contributed by atoms with van der Waals surface area (Å²) in [6.07, 6.45) is 11.5. The molecule has 22 heavy (non-hydrogen) atoms. The summed E-state index contributed by atoms with van der Waals surface area (Å²) in [4.78, 5) is 13.1. The minimum Gasteiger partial charge on any atom is -0.367 e. The van der Waals surface area contributed by atoms with Crippen molar-refractivity contribution in [2.45, 2.75) is 38.1 Å². The van der Waals surface area contributed by atoms with E-state index in [0.717, 1.165) is 22.7 Å². The standard InChI is InChI=1S/C16H18N6/c1-2-6-12(7-3-1)21-15-13-10-20-22(16(13)19-11-18-15)14-8-4-5-9-17-14/h4-5,8-12H,1-3,6-7H2,(H,18,19,21). The van der Waals surface area contributed by atoms with Crippen LogP contribution in [0, 0.1) is 0 Å². The van der Waals surface area contributed by atoms with Gasteiger partial charge < -0.3 is 5.32 Å². The lowest BCUT2D eigenvalue weighted by atomic mass is 9.95. The van der Waals surface area contributed by atoms with E-state index in [-0.39, 0.29) is 0 Å². The highest BCUT2D eigenvalue weighted by atomic mass is 15.3. The average molecular weight is 294 g/mol. The van der Waals surface area contributed by atoms with Crippen LogP contribution in [0.1, 0.15) is 32.1 Å². The summed E-state index contributed by atoms with van der Waals surface area (Å²) in [5.41, 5.74) is 0.784. The molecule has 3 heterocycles. The monoisotopic (exact) mass is 294 g/mol. The van der Waals surface area contributed by atoms with E-state index in [9.17, 15) is 0 Å². The second kappa shape index (κ2) is 5.71. The van der Waals surface area contributed by atoms with Crippen LogP contribution in [0.15, 0.2) is 36.9 Å². The van der Waals surface area contributed by atoms with Gasteiger partial charge in [0.1, 0.15) is 12.1 Å². The predicted octanol–water partition coefficient (Wildman–Crippen LogP) is 2.96. The minimum absolute atomic E-state index is 0.505. The number of nitrogens with one attached hydrogen (secondary N) is 1. The molecule has 0 saturated heterocycles. The molecule has 0 bridgehead atoms. The Morgan fingerprint density at radius 3 is 2.77 bits per heavy atom. The van der Waals surface area contributed by atoms with E-state index < -0.39 is 0 Å². The van der Waals surface area contributed by atoms with Gasteiger partial charge >= 0.3 is 0 Å². The number of rotatable bonds is 3. The maximum atomic E-state index is 4.43. The van der Waals surface area contributed by atoms with Crippen LogP contribution < -0.4 is 5.32 Å². The van der Waals surface area contributed by atoms with Crippen molar-refractivity contribution in [1.29, 1.82) is 0 Å². The fourth-order valence-electron chi connectivity index (χ4n) is 3.05. The quantitative estimate of drug-likeness (QED) is 0.804. The summed E-state index contributed by atoms with van der Waals surface area (Å²) < 4.78 is 1.75. The topological polar surface area (TPSA) is 68.5 Å². The molecule has 6 heteroatoms. The average Bonchev–Trinajstić information content (AvgIpc) is 3.02. The third-order valence-electron chi connectivity index (χ3n) is 4.18. The third-order valence-corrected chi connectivity index (χ3v) is 4.18. The molecule has 0 spiro atoms. The van der Waals surface area contributed by atoms with Crippen LogP contribution in [0.3, 0.4) is 0 Å². The zero-order valence-corrected chi connectivity index (χ0v) is 12.3. The Morgan fingerprint density at radius 1 is 1.05 bits per heavy atom. The lowest BCUT2D eigenvalue weighted by Crippen LogP contribution is -2.22. The highest BCUT2D eigenvalue weighted by Gasteiger charge is 2.17. The van der Waals surface area contributed by atoms with Crippen molar-refractivity contribution in [2.24, 2.45) is 0 Å². The van der Waals surface area contributed by atoms with E-state index in [4.69, 9.17) is 0 Å². The molecule has 1 aliphatic carbocycles. The molecule has 112 valence electrons. The molecule has 1 saturated carbocycles. The molecule has 0 aliphatic heterocycles. The van der Waals surface area contributed by atoms with Crippen LogP contribution in [0.2, 0.25) is 0 Å². The maximum absolute atomic E-state index is 4.43. The molecule has 3 aromatic heterocycles. The number of hydrogen-bond donors (Lipinski definition) is 1. The maximum Gasteiger partial charge on any atom is 0.170 e. The summed E-state index contributed by atoms with van der Waals surface area (Å²) in [6.45, 7) is 0. The number of hydrogen-bond acceptors (Lipinski definition) is 5. The van der Waals surface area contributed by atoms with Crippen molar-refractivity contribution in [1.82, 2.24) is 24.7 Å². The molecular formula is C16H18N6. The summed E-state index contributed by atoms with van der Waals surface area (Å²) >= 11 is 0. The molecule has 0 unspecified atom stereocenters. The number of anilines is 1. The van der Waals surface area contributed by atoms with Crippen molar-refractivity contribution in [2.75, 3.05) is 5.32 Å². The largest absolute Gasteiger partial charge is 0.367 e. The van der Waals surface area contributed by atoms with E-state index in [1.807, 2.05) is 24.4 Å². The van der Waals surface area contributed by atoms with Crippen molar-refractivity contribution < 1.29 is 0 Å². The van der Waals surface area contributed by atoms with Crippen molar-refractivity contribution in [3.05, 3.63) is 36.9 Å². The Balaban J connectivity index is 1.70. The molecule has 1 N–H and O–H groups in total. The summed E-state index contributed by atoms with van der Waals surface area (Å²) in [7, 11) is 0. The second-order valence-electron chi connectivity index (χ2n) is 5.68. The van der Waals surface area contributed by atoms with Gasteiger partial charge in [0.05, 0.1) is 11.6 Å². The van der Waals surface area contributed by atoms with Gasteiger partial charge in [0.2, 0.25) is 0 Å². The van der Waals surface area contributed by atoms with Gasteiger partial charge in [0, 0.05) is 12.2 Å². The Morgan fingerprint density at radius 2 is 1.95 bits per heavy atom. The number of fused-ring (bicyclic) bond motifs is 1. The zero-order chi connectivity index (χ0) is 14.8. The Bertz CT molecular complexity index is 761. The van der Waals surface area contributed by atoms with Crippen LogP contribution in [0.25, 0.3) is 16.9 Å². The molecule has 1 aliphatic rings. The van der Waals surface area contributed by atoms with Crippen molar-refractivity contribution in [3.8, 4) is 5.82 Å². The van der Waals surface area contributed by atoms with Crippen LogP contribution >= 0.6 is 0 Å². The summed E-state index contributed by atoms with van der Waals surface area (Å²) in [6, 6.07) is 6.26. The Kier molecular flexibility index (Phi) is 3.42. The molecule has 4 rings (SSSR count). The van der Waals surface area contributed by atoms with Gasteiger partial charge in [-0.05, 0) is 25.0 Å². The molecule has 3 aromatic rings. The van der Waals surface area contributed by atoms with E-state index in [0.29, 0.717) is 6.04 Å². The van der Waals surface area contributed by atoms with Gasteiger partial charge in [-0.3, -0.25) is 0 Å². The molecule has 0 atom stereocenters. The first kappa shape index (κ1) is 13.2. The first-order chi connectivity index (χ1) is 10.9. The number of nitrogens with zero attached hydrogens (tertiary/aromatic N) is 5. The fraction of sp³-hybridized carbons (Fsp3) is 0.375. The van der Waals surface area contributed by atoms with Crippen molar-refractivity contribution >= 4 is 16.9 Å². The highest BCUT2D eigenvalue weighted by molar-refractivity contribution is 5.87. The second-order valence-corrected chi connectivity index (χ2v) is 5.68. The molecule has 1 fully saturated rings. The third kappa shape index (κ3) is 2.41. The predicted molar refractivity (Wildman–Crippen MR) is 85.0 cm³/mol. The van der Waals surface area contributed by atoms with Crippen LogP contribution in [-0.2, 0) is 0 Å². The van der Waals surface area contributed by atoms with Gasteiger partial charge in [-0.2, -0.15) is 9.78 Å². The molecule has 0 aromatic carbocycles. The van der Waals surface area contributed by atoms with E-state index in [1.165, 1.54) is 32.1 Å². The molecule has 0 amide bonds. The lowest BCUT2D eigenvalue weighted by Gasteiger charge is -2.23.